The Bertz CT molecular complexity index is 891. The Morgan fingerprint density at radius 1 is 1.20 bits per heavy atom. The van der Waals surface area contributed by atoms with Crippen molar-refractivity contribution in [3.05, 3.63) is 36.3 Å². The highest BCUT2D eigenvalue weighted by Crippen LogP contribution is 2.21. The summed E-state index contributed by atoms with van der Waals surface area (Å²) in [6.07, 6.45) is 7.97. The van der Waals surface area contributed by atoms with Gasteiger partial charge in [-0.1, -0.05) is 0 Å². The number of nitrogens with zero attached hydrogens (tertiary/aromatic N) is 5. The maximum absolute atomic E-state index is 12.5. The number of piperidine rings is 1. The van der Waals surface area contributed by atoms with Crippen LogP contribution in [0.25, 0.3) is 0 Å². The van der Waals surface area contributed by atoms with Crippen LogP contribution in [0.5, 0.6) is 0 Å². The standard InChI is InChI=1S/C25H40N8O2/c1-19(26)20-7-10-31(11-8-20)17-22-5-4-21(16-29-22)30-23(6-9-28-18-34)32-12-14-33(15-13-32)24(35)25(2,3)27/h4-6,9,16,18-20H,7-8,10-15,17,26-27H2,1-3H3,(H,28,34)/b9-6-,30-23?. The van der Waals surface area contributed by atoms with Crippen LogP contribution in [0.1, 0.15) is 39.3 Å². The highest BCUT2D eigenvalue weighted by molar-refractivity contribution is 5.95. The molecule has 0 aromatic carbocycles. The SMILES string of the molecule is CC(N)C1CCN(Cc2ccc(N=C(/C=C\NC=O)N3CCN(C(=O)C(C)(C)N)CC3)cn2)CC1. The van der Waals surface area contributed by atoms with Gasteiger partial charge in [-0.2, -0.15) is 0 Å². The van der Waals surface area contributed by atoms with E-state index in [9.17, 15) is 9.59 Å². The smallest absolute Gasteiger partial charge is 0.242 e. The first kappa shape index (κ1) is 26.8. The fraction of sp³-hybridized carbons (Fsp3) is 0.600. The summed E-state index contributed by atoms with van der Waals surface area (Å²) >= 11 is 0. The zero-order valence-corrected chi connectivity index (χ0v) is 21.2. The summed E-state index contributed by atoms with van der Waals surface area (Å²) in [4.78, 5) is 38.9. The molecule has 10 heteroatoms. The van der Waals surface area contributed by atoms with E-state index in [-0.39, 0.29) is 11.9 Å². The Balaban J connectivity index is 1.63. The largest absolute Gasteiger partial charge is 0.353 e. The fourth-order valence-electron chi connectivity index (χ4n) is 4.50. The van der Waals surface area contributed by atoms with Crippen molar-refractivity contribution in [2.75, 3.05) is 39.3 Å². The van der Waals surface area contributed by atoms with Crippen molar-refractivity contribution in [2.45, 2.75) is 51.7 Å². The van der Waals surface area contributed by atoms with Crippen LogP contribution in [-0.2, 0) is 16.1 Å². The number of pyridine rings is 1. The summed E-state index contributed by atoms with van der Waals surface area (Å²) in [6.45, 7) is 10.8. The van der Waals surface area contributed by atoms with Gasteiger partial charge < -0.3 is 26.6 Å². The molecule has 2 saturated heterocycles. The minimum Gasteiger partial charge on any atom is -0.353 e. The second kappa shape index (κ2) is 12.2. The van der Waals surface area contributed by atoms with E-state index in [1.165, 1.54) is 0 Å². The molecule has 0 bridgehead atoms. The van der Waals surface area contributed by atoms with Crippen LogP contribution in [0.3, 0.4) is 0 Å². The zero-order chi connectivity index (χ0) is 25.4. The van der Waals surface area contributed by atoms with Crippen molar-refractivity contribution in [3.63, 3.8) is 0 Å². The molecule has 192 valence electrons. The number of nitrogens with one attached hydrogen (secondary N) is 1. The number of likely N-dealkylation sites (tertiary alicyclic amines) is 1. The Labute approximate surface area is 208 Å². The van der Waals surface area contributed by atoms with Crippen LogP contribution < -0.4 is 16.8 Å². The molecule has 0 aliphatic carbocycles. The Hall–Kier alpha value is -2.82. The number of aliphatic imine (C=N–C) groups is 1. The number of carbonyl (C=O) groups is 2. The molecule has 0 spiro atoms. The molecule has 0 saturated carbocycles. The van der Waals surface area contributed by atoms with Crippen molar-refractivity contribution < 1.29 is 9.59 Å². The average Bonchev–Trinajstić information content (AvgIpc) is 2.84. The van der Waals surface area contributed by atoms with Crippen molar-refractivity contribution in [3.8, 4) is 0 Å². The molecule has 35 heavy (non-hydrogen) atoms. The maximum Gasteiger partial charge on any atom is 0.242 e. The fourth-order valence-corrected chi connectivity index (χ4v) is 4.50. The Morgan fingerprint density at radius 3 is 2.40 bits per heavy atom. The minimum atomic E-state index is -0.890. The van der Waals surface area contributed by atoms with Gasteiger partial charge in [0, 0.05) is 45.0 Å². The van der Waals surface area contributed by atoms with Gasteiger partial charge in [0.25, 0.3) is 0 Å². The molecule has 1 unspecified atom stereocenters. The summed E-state index contributed by atoms with van der Waals surface area (Å²) in [5, 5.41) is 2.54. The lowest BCUT2D eigenvalue weighted by Gasteiger charge is -2.38. The topological polar surface area (TPSA) is 133 Å². The van der Waals surface area contributed by atoms with Crippen LogP contribution in [0.2, 0.25) is 0 Å². The lowest BCUT2D eigenvalue weighted by Crippen LogP contribution is -2.57. The van der Waals surface area contributed by atoms with Gasteiger partial charge in [0.2, 0.25) is 12.3 Å². The average molecular weight is 485 g/mol. The monoisotopic (exact) mass is 484 g/mol. The van der Waals surface area contributed by atoms with E-state index in [4.69, 9.17) is 16.5 Å². The summed E-state index contributed by atoms with van der Waals surface area (Å²) in [7, 11) is 0. The van der Waals surface area contributed by atoms with Crippen LogP contribution in [0.15, 0.2) is 35.6 Å². The number of aromatic nitrogens is 1. The first-order chi connectivity index (χ1) is 16.7. The lowest BCUT2D eigenvalue weighted by atomic mass is 9.91. The van der Waals surface area contributed by atoms with Gasteiger partial charge in [0.15, 0.2) is 0 Å². The number of amides is 2. The second-order valence-corrected chi connectivity index (χ2v) is 10.1. The Morgan fingerprint density at radius 2 is 1.86 bits per heavy atom. The molecule has 2 aliphatic rings. The first-order valence-corrected chi connectivity index (χ1v) is 12.4. The molecule has 2 amide bonds. The third-order valence-electron chi connectivity index (χ3n) is 6.65. The van der Waals surface area contributed by atoms with Crippen molar-refractivity contribution >= 4 is 23.8 Å². The number of nitrogens with two attached hydrogens (primary N) is 2. The maximum atomic E-state index is 12.5. The first-order valence-electron chi connectivity index (χ1n) is 12.4. The molecule has 3 heterocycles. The van der Waals surface area contributed by atoms with Gasteiger partial charge in [-0.3, -0.25) is 19.5 Å². The molecule has 1 aromatic rings. The van der Waals surface area contributed by atoms with E-state index in [0.29, 0.717) is 44.3 Å². The number of carbonyl (C=O) groups excluding carboxylic acids is 2. The van der Waals surface area contributed by atoms with E-state index in [1.54, 1.807) is 37.2 Å². The van der Waals surface area contributed by atoms with E-state index in [0.717, 1.165) is 43.9 Å². The quantitative estimate of drug-likeness (QED) is 0.282. The summed E-state index contributed by atoms with van der Waals surface area (Å²) < 4.78 is 0. The molecule has 2 aliphatic heterocycles. The van der Waals surface area contributed by atoms with E-state index < -0.39 is 5.54 Å². The third kappa shape index (κ3) is 7.84. The highest BCUT2D eigenvalue weighted by atomic mass is 16.2. The van der Waals surface area contributed by atoms with Gasteiger partial charge in [0.1, 0.15) is 5.84 Å². The lowest BCUT2D eigenvalue weighted by molar-refractivity contribution is -0.137. The number of hydrogen-bond donors (Lipinski definition) is 3. The number of hydrogen-bond acceptors (Lipinski definition) is 7. The molecule has 1 aromatic heterocycles. The predicted octanol–water partition coefficient (Wildman–Crippen LogP) is 0.812. The number of piperazine rings is 1. The summed E-state index contributed by atoms with van der Waals surface area (Å²) in [6, 6.07) is 4.24. The van der Waals surface area contributed by atoms with Gasteiger partial charge >= 0.3 is 0 Å². The van der Waals surface area contributed by atoms with Gasteiger partial charge in [-0.25, -0.2) is 4.99 Å². The molecule has 0 radical (unpaired) electrons. The van der Waals surface area contributed by atoms with E-state index in [2.05, 4.69) is 27.0 Å². The summed E-state index contributed by atoms with van der Waals surface area (Å²) in [5.41, 5.74) is 12.9. The number of rotatable bonds is 8. The van der Waals surface area contributed by atoms with E-state index in [1.807, 2.05) is 12.1 Å². The molecule has 2 fully saturated rings. The molecule has 5 N–H and O–H groups in total. The molecular weight excluding hydrogens is 444 g/mol. The van der Waals surface area contributed by atoms with Crippen LogP contribution in [0, 0.1) is 5.92 Å². The van der Waals surface area contributed by atoms with Crippen LogP contribution >= 0.6 is 0 Å². The number of amidine groups is 1. The van der Waals surface area contributed by atoms with Crippen molar-refractivity contribution in [1.29, 1.82) is 0 Å². The predicted molar refractivity (Wildman–Crippen MR) is 138 cm³/mol. The zero-order valence-electron chi connectivity index (χ0n) is 21.2. The van der Waals surface area contributed by atoms with Gasteiger partial charge in [-0.05, 0) is 70.8 Å². The molecule has 10 nitrogen and oxygen atoms in total. The summed E-state index contributed by atoms with van der Waals surface area (Å²) in [5.74, 6) is 1.25. The van der Waals surface area contributed by atoms with Crippen LogP contribution in [-0.4, -0.2) is 88.7 Å². The van der Waals surface area contributed by atoms with Crippen LogP contribution in [0.4, 0.5) is 5.69 Å². The molecule has 3 rings (SSSR count). The van der Waals surface area contributed by atoms with E-state index >= 15 is 0 Å². The van der Waals surface area contributed by atoms with Gasteiger partial charge in [0.05, 0.1) is 23.1 Å². The van der Waals surface area contributed by atoms with Crippen molar-refractivity contribution in [1.82, 2.24) is 25.0 Å². The normalized spacial score (nSPS) is 19.7. The van der Waals surface area contributed by atoms with Gasteiger partial charge in [-0.15, -0.1) is 0 Å². The minimum absolute atomic E-state index is 0.0599. The third-order valence-corrected chi connectivity index (χ3v) is 6.65. The second-order valence-electron chi connectivity index (χ2n) is 10.1. The molecule has 1 atom stereocenters. The van der Waals surface area contributed by atoms with Crippen molar-refractivity contribution in [2.24, 2.45) is 22.4 Å². The highest BCUT2D eigenvalue weighted by Gasteiger charge is 2.30. The Kier molecular flexibility index (Phi) is 9.36. The molecular formula is C25H40N8O2.